The Morgan fingerprint density at radius 2 is 1.71 bits per heavy atom. The molecule has 1 unspecified atom stereocenters. The number of carbonyl (C=O) groups is 2. The molecule has 0 aliphatic carbocycles. The van der Waals surface area contributed by atoms with Crippen LogP contribution in [0.15, 0.2) is 12.2 Å². The summed E-state index contributed by atoms with van der Waals surface area (Å²) in [5.41, 5.74) is 0. The zero-order valence-corrected chi connectivity index (χ0v) is 8.87. The van der Waals surface area contributed by atoms with Crippen molar-refractivity contribution in [2.45, 2.75) is 13.8 Å². The first-order valence-electron chi connectivity index (χ1n) is 4.70. The van der Waals surface area contributed by atoms with E-state index in [9.17, 15) is 9.59 Å². The maximum Gasteiger partial charge on any atom is 0.320 e. The van der Waals surface area contributed by atoms with E-state index < -0.39 is 23.8 Å². The molecular formula is C10H16O4. The highest BCUT2D eigenvalue weighted by molar-refractivity contribution is 5.95. The minimum Gasteiger partial charge on any atom is -0.468 e. The van der Waals surface area contributed by atoms with Crippen LogP contribution in [-0.2, 0) is 19.1 Å². The molecule has 0 aliphatic heterocycles. The summed E-state index contributed by atoms with van der Waals surface area (Å²) in [5, 5.41) is 0. The first kappa shape index (κ1) is 10.8. The second-order valence-corrected chi connectivity index (χ2v) is 2.72. The van der Waals surface area contributed by atoms with Crippen molar-refractivity contribution in [3.8, 4) is 0 Å². The molecule has 0 saturated carbocycles. The Morgan fingerprint density at radius 1 is 1.29 bits per heavy atom. The summed E-state index contributed by atoms with van der Waals surface area (Å²) in [6.45, 7) is 3.16. The molecule has 0 saturated heterocycles. The molecule has 0 aromatic heterocycles. The summed E-state index contributed by atoms with van der Waals surface area (Å²) in [6.07, 6.45) is 3.05. The van der Waals surface area contributed by atoms with E-state index >= 15 is 0 Å². The van der Waals surface area contributed by atoms with Crippen molar-refractivity contribution in [1.82, 2.24) is 0 Å². The number of carbonyl (C=O) groups excluding carboxylic acids is 2. The summed E-state index contributed by atoms with van der Waals surface area (Å²) in [5.74, 6) is -4.16. The lowest BCUT2D eigenvalue weighted by Crippen LogP contribution is -2.31. The van der Waals surface area contributed by atoms with Gasteiger partial charge in [0.15, 0.2) is 5.92 Å². The van der Waals surface area contributed by atoms with Crippen molar-refractivity contribution >= 4 is 11.9 Å². The van der Waals surface area contributed by atoms with Crippen LogP contribution < -0.4 is 0 Å². The van der Waals surface area contributed by atoms with Gasteiger partial charge in [-0.25, -0.2) is 0 Å². The molecule has 4 nitrogen and oxygen atoms in total. The van der Waals surface area contributed by atoms with Gasteiger partial charge in [0.25, 0.3) is 0 Å². The Hall–Kier alpha value is -1.32. The van der Waals surface area contributed by atoms with Crippen LogP contribution in [0.1, 0.15) is 15.2 Å². The fourth-order valence-corrected chi connectivity index (χ4v) is 1.06. The Labute approximate surface area is 85.3 Å². The SMILES string of the molecule is [2H]C(C)(/C=C/C)C(C(=O)OC)C(=O)OC. The molecule has 0 bridgehead atoms. The average Bonchev–Trinajstić information content (AvgIpc) is 2.16. The van der Waals surface area contributed by atoms with E-state index in [1.165, 1.54) is 27.2 Å². The Bertz CT molecular complexity index is 255. The van der Waals surface area contributed by atoms with Crippen LogP contribution >= 0.6 is 0 Å². The molecule has 4 heteroatoms. The number of ether oxygens (including phenoxy) is 2. The summed E-state index contributed by atoms with van der Waals surface area (Å²) >= 11 is 0. The van der Waals surface area contributed by atoms with Crippen molar-refractivity contribution in [2.24, 2.45) is 11.8 Å². The third-order valence-corrected chi connectivity index (χ3v) is 1.76. The van der Waals surface area contributed by atoms with E-state index in [2.05, 4.69) is 9.47 Å². The molecule has 1 atom stereocenters. The number of rotatable bonds is 4. The molecule has 0 rings (SSSR count). The molecule has 0 aliphatic rings. The highest BCUT2D eigenvalue weighted by Crippen LogP contribution is 2.16. The van der Waals surface area contributed by atoms with E-state index in [0.29, 0.717) is 0 Å². The standard InChI is InChI=1S/C10H16O4/c1-5-6-7(2)8(9(11)13-3)10(12)14-4/h5-8H,1-4H3/b6-5+/i7D. The number of allylic oxidation sites excluding steroid dienone is 2. The van der Waals surface area contributed by atoms with Gasteiger partial charge in [-0.1, -0.05) is 19.1 Å². The fraction of sp³-hybridized carbons (Fsp3) is 0.600. The predicted octanol–water partition coefficient (Wildman–Crippen LogP) is 1.16. The maximum absolute atomic E-state index is 11.4. The summed E-state index contributed by atoms with van der Waals surface area (Å²) in [6, 6.07) is 0. The van der Waals surface area contributed by atoms with Crippen LogP contribution in [0.3, 0.4) is 0 Å². The second-order valence-electron chi connectivity index (χ2n) is 2.72. The Balaban J connectivity index is 5.09. The third kappa shape index (κ3) is 3.20. The lowest BCUT2D eigenvalue weighted by Gasteiger charge is -2.16. The topological polar surface area (TPSA) is 52.6 Å². The van der Waals surface area contributed by atoms with Crippen LogP contribution in [0.2, 0.25) is 0 Å². The molecule has 0 radical (unpaired) electrons. The van der Waals surface area contributed by atoms with Crippen LogP contribution in [0.5, 0.6) is 0 Å². The van der Waals surface area contributed by atoms with Gasteiger partial charge in [0, 0.05) is 1.37 Å². The molecule has 0 amide bonds. The van der Waals surface area contributed by atoms with E-state index in [0.717, 1.165) is 0 Å². The molecule has 0 fully saturated rings. The van der Waals surface area contributed by atoms with Gasteiger partial charge in [-0.2, -0.15) is 0 Å². The predicted molar refractivity (Wildman–Crippen MR) is 51.5 cm³/mol. The van der Waals surface area contributed by atoms with Gasteiger partial charge in [0.05, 0.1) is 14.2 Å². The van der Waals surface area contributed by atoms with Crippen molar-refractivity contribution in [2.75, 3.05) is 14.2 Å². The monoisotopic (exact) mass is 201 g/mol. The zero-order chi connectivity index (χ0) is 12.1. The lowest BCUT2D eigenvalue weighted by atomic mass is 9.94. The highest BCUT2D eigenvalue weighted by Gasteiger charge is 2.32. The van der Waals surface area contributed by atoms with Crippen LogP contribution in [0, 0.1) is 11.8 Å². The van der Waals surface area contributed by atoms with Gasteiger partial charge in [-0.3, -0.25) is 9.59 Å². The van der Waals surface area contributed by atoms with Crippen molar-refractivity contribution in [1.29, 1.82) is 0 Å². The van der Waals surface area contributed by atoms with Gasteiger partial charge < -0.3 is 9.47 Å². The summed E-state index contributed by atoms with van der Waals surface area (Å²) in [7, 11) is 2.34. The first-order valence-corrected chi connectivity index (χ1v) is 4.20. The second kappa shape index (κ2) is 6.18. The van der Waals surface area contributed by atoms with Crippen molar-refractivity contribution < 1.29 is 20.4 Å². The number of hydrogen-bond donors (Lipinski definition) is 0. The van der Waals surface area contributed by atoms with Gasteiger partial charge in [0.2, 0.25) is 0 Å². The Morgan fingerprint density at radius 3 is 2.00 bits per heavy atom. The van der Waals surface area contributed by atoms with Crippen LogP contribution in [0.4, 0.5) is 0 Å². The minimum atomic E-state index is -1.37. The third-order valence-electron chi connectivity index (χ3n) is 1.76. The normalized spacial score (nSPS) is 16.2. The smallest absolute Gasteiger partial charge is 0.320 e. The quantitative estimate of drug-likeness (QED) is 0.389. The average molecular weight is 201 g/mol. The van der Waals surface area contributed by atoms with Gasteiger partial charge in [-0.05, 0) is 12.8 Å². The van der Waals surface area contributed by atoms with E-state index in [1.54, 1.807) is 13.0 Å². The fourth-order valence-electron chi connectivity index (χ4n) is 1.06. The summed E-state index contributed by atoms with van der Waals surface area (Å²) < 4.78 is 16.8. The molecule has 0 heterocycles. The molecular weight excluding hydrogens is 184 g/mol. The van der Waals surface area contributed by atoms with Gasteiger partial charge >= 0.3 is 11.9 Å². The maximum atomic E-state index is 11.4. The number of methoxy groups -OCH3 is 2. The highest BCUT2D eigenvalue weighted by atomic mass is 16.5. The minimum absolute atomic E-state index is 0.766. The van der Waals surface area contributed by atoms with Crippen molar-refractivity contribution in [3.05, 3.63) is 12.2 Å². The summed E-state index contributed by atoms with van der Waals surface area (Å²) in [4.78, 5) is 22.7. The molecule has 0 N–H and O–H groups in total. The molecule has 14 heavy (non-hydrogen) atoms. The molecule has 0 aromatic rings. The zero-order valence-electron chi connectivity index (χ0n) is 9.87. The van der Waals surface area contributed by atoms with Gasteiger partial charge in [0.1, 0.15) is 0 Å². The largest absolute Gasteiger partial charge is 0.468 e. The first-order chi connectivity index (χ1) is 6.90. The Kier molecular flexibility index (Phi) is 4.75. The van der Waals surface area contributed by atoms with E-state index in [4.69, 9.17) is 1.37 Å². The molecule has 0 aromatic carbocycles. The molecule has 0 spiro atoms. The number of hydrogen-bond acceptors (Lipinski definition) is 4. The molecule has 80 valence electrons. The number of esters is 2. The van der Waals surface area contributed by atoms with E-state index in [-0.39, 0.29) is 0 Å². The van der Waals surface area contributed by atoms with Crippen LogP contribution in [0.25, 0.3) is 0 Å². The lowest BCUT2D eigenvalue weighted by molar-refractivity contribution is -0.160. The van der Waals surface area contributed by atoms with Gasteiger partial charge in [-0.15, -0.1) is 0 Å². The van der Waals surface area contributed by atoms with E-state index in [1.807, 2.05) is 0 Å². The van der Waals surface area contributed by atoms with Crippen LogP contribution in [-0.4, -0.2) is 26.2 Å². The van der Waals surface area contributed by atoms with Crippen molar-refractivity contribution in [3.63, 3.8) is 0 Å².